The molecule has 0 atom stereocenters. The van der Waals surface area contributed by atoms with Crippen LogP contribution in [0.4, 0.5) is 11.4 Å². The SMILES string of the molecule is CCOc1cc(/C=C(\C#N)C(=O)Nc2ccc(C)cc2[N+](=O)[O-])cc(Cl)c1OCc1cccc2ccccc12. The van der Waals surface area contributed by atoms with Crippen LogP contribution in [0.15, 0.2) is 78.4 Å². The maximum absolute atomic E-state index is 12.8. The predicted octanol–water partition coefficient (Wildman–Crippen LogP) is 7.23. The van der Waals surface area contributed by atoms with E-state index in [-0.39, 0.29) is 28.6 Å². The van der Waals surface area contributed by atoms with Gasteiger partial charge in [-0.15, -0.1) is 0 Å². The van der Waals surface area contributed by atoms with Crippen molar-refractivity contribution in [2.75, 3.05) is 11.9 Å². The molecule has 4 aromatic carbocycles. The van der Waals surface area contributed by atoms with Gasteiger partial charge in [-0.2, -0.15) is 5.26 Å². The maximum Gasteiger partial charge on any atom is 0.293 e. The zero-order valence-electron chi connectivity index (χ0n) is 21.2. The lowest BCUT2D eigenvalue weighted by Crippen LogP contribution is -2.14. The molecule has 0 saturated heterocycles. The third kappa shape index (κ3) is 6.35. The lowest BCUT2D eigenvalue weighted by atomic mass is 10.1. The largest absolute Gasteiger partial charge is 0.490 e. The third-order valence-electron chi connectivity index (χ3n) is 5.86. The fourth-order valence-electron chi connectivity index (χ4n) is 4.05. The van der Waals surface area contributed by atoms with Gasteiger partial charge in [-0.25, -0.2) is 0 Å². The van der Waals surface area contributed by atoms with Crippen LogP contribution in [-0.4, -0.2) is 17.4 Å². The minimum atomic E-state index is -0.796. The Hall–Kier alpha value is -4.87. The van der Waals surface area contributed by atoms with E-state index in [1.54, 1.807) is 25.1 Å². The Bertz CT molecular complexity index is 1640. The van der Waals surface area contributed by atoms with Gasteiger partial charge in [0.2, 0.25) is 0 Å². The van der Waals surface area contributed by atoms with Gasteiger partial charge in [-0.05, 0) is 65.6 Å². The van der Waals surface area contributed by atoms with E-state index in [1.807, 2.05) is 55.5 Å². The summed E-state index contributed by atoms with van der Waals surface area (Å²) in [6.45, 7) is 4.09. The van der Waals surface area contributed by atoms with Crippen molar-refractivity contribution < 1.29 is 19.2 Å². The number of nitrogens with one attached hydrogen (secondary N) is 1. The summed E-state index contributed by atoms with van der Waals surface area (Å²) in [5.41, 5.74) is 1.51. The fraction of sp³-hybridized carbons (Fsp3) is 0.133. The van der Waals surface area contributed by atoms with Crippen LogP contribution >= 0.6 is 11.6 Å². The Labute approximate surface area is 230 Å². The van der Waals surface area contributed by atoms with Crippen LogP contribution in [0.25, 0.3) is 16.8 Å². The normalized spacial score (nSPS) is 11.1. The van der Waals surface area contributed by atoms with Crippen molar-refractivity contribution in [1.29, 1.82) is 5.26 Å². The van der Waals surface area contributed by atoms with Crippen molar-refractivity contribution >= 4 is 45.7 Å². The van der Waals surface area contributed by atoms with Crippen molar-refractivity contribution in [2.24, 2.45) is 0 Å². The van der Waals surface area contributed by atoms with Gasteiger partial charge in [0, 0.05) is 6.07 Å². The van der Waals surface area contributed by atoms with Crippen LogP contribution in [0.2, 0.25) is 5.02 Å². The van der Waals surface area contributed by atoms with Gasteiger partial charge in [0.05, 0.1) is 16.6 Å². The fourth-order valence-corrected chi connectivity index (χ4v) is 4.32. The van der Waals surface area contributed by atoms with E-state index in [9.17, 15) is 20.2 Å². The van der Waals surface area contributed by atoms with E-state index in [0.29, 0.717) is 29.2 Å². The van der Waals surface area contributed by atoms with Gasteiger partial charge in [0.1, 0.15) is 23.9 Å². The molecule has 0 fully saturated rings. The number of benzene rings is 4. The first kappa shape index (κ1) is 27.2. The molecule has 0 aliphatic heterocycles. The van der Waals surface area contributed by atoms with Crippen LogP contribution in [-0.2, 0) is 11.4 Å². The maximum atomic E-state index is 12.8. The van der Waals surface area contributed by atoms with Gasteiger partial charge in [-0.1, -0.05) is 60.1 Å². The minimum Gasteiger partial charge on any atom is -0.490 e. The van der Waals surface area contributed by atoms with E-state index >= 15 is 0 Å². The number of nitriles is 1. The summed E-state index contributed by atoms with van der Waals surface area (Å²) in [7, 11) is 0. The molecule has 0 bridgehead atoms. The molecule has 0 aliphatic rings. The van der Waals surface area contributed by atoms with Gasteiger partial charge in [0.15, 0.2) is 11.5 Å². The van der Waals surface area contributed by atoms with Gasteiger partial charge in [-0.3, -0.25) is 14.9 Å². The molecule has 0 aromatic heterocycles. The number of carbonyl (C=O) groups is 1. The second-order valence-electron chi connectivity index (χ2n) is 8.59. The molecule has 196 valence electrons. The van der Waals surface area contributed by atoms with Crippen molar-refractivity contribution in [3.63, 3.8) is 0 Å². The first-order valence-electron chi connectivity index (χ1n) is 12.0. The number of nitrogens with zero attached hydrogens (tertiary/aromatic N) is 2. The Balaban J connectivity index is 1.61. The molecule has 9 heteroatoms. The quantitative estimate of drug-likeness (QED) is 0.103. The van der Waals surface area contributed by atoms with Crippen molar-refractivity contribution in [2.45, 2.75) is 20.5 Å². The predicted molar refractivity (Wildman–Crippen MR) is 151 cm³/mol. The van der Waals surface area contributed by atoms with E-state index < -0.39 is 10.8 Å². The molecular formula is C30H24ClN3O5. The molecule has 1 N–H and O–H groups in total. The highest BCUT2D eigenvalue weighted by Gasteiger charge is 2.19. The Kier molecular flexibility index (Phi) is 8.44. The highest BCUT2D eigenvalue weighted by Crippen LogP contribution is 2.38. The average molecular weight is 542 g/mol. The van der Waals surface area contributed by atoms with E-state index in [1.165, 1.54) is 18.2 Å². The lowest BCUT2D eigenvalue weighted by molar-refractivity contribution is -0.384. The highest BCUT2D eigenvalue weighted by atomic mass is 35.5. The van der Waals surface area contributed by atoms with Crippen molar-refractivity contribution in [1.82, 2.24) is 0 Å². The summed E-state index contributed by atoms with van der Waals surface area (Å²) >= 11 is 6.57. The van der Waals surface area contributed by atoms with Crippen LogP contribution in [0.5, 0.6) is 11.5 Å². The number of carbonyl (C=O) groups excluding carboxylic acids is 1. The monoisotopic (exact) mass is 541 g/mol. The number of fused-ring (bicyclic) bond motifs is 1. The van der Waals surface area contributed by atoms with E-state index in [4.69, 9.17) is 21.1 Å². The number of nitro groups is 1. The molecule has 8 nitrogen and oxygen atoms in total. The number of aryl methyl sites for hydroxylation is 1. The summed E-state index contributed by atoms with van der Waals surface area (Å²) in [4.78, 5) is 23.6. The van der Waals surface area contributed by atoms with Gasteiger partial charge >= 0.3 is 0 Å². The zero-order chi connectivity index (χ0) is 27.9. The number of nitro benzene ring substituents is 1. The molecule has 0 heterocycles. The number of halogens is 1. The molecule has 39 heavy (non-hydrogen) atoms. The smallest absolute Gasteiger partial charge is 0.293 e. The summed E-state index contributed by atoms with van der Waals surface area (Å²) < 4.78 is 11.8. The molecule has 0 aliphatic carbocycles. The van der Waals surface area contributed by atoms with E-state index in [2.05, 4.69) is 5.32 Å². The third-order valence-corrected chi connectivity index (χ3v) is 6.14. The number of hydrogen-bond donors (Lipinski definition) is 1. The average Bonchev–Trinajstić information content (AvgIpc) is 2.92. The second-order valence-corrected chi connectivity index (χ2v) is 9.00. The Morgan fingerprint density at radius 3 is 2.62 bits per heavy atom. The molecule has 1 amide bonds. The molecule has 0 spiro atoms. The van der Waals surface area contributed by atoms with Crippen LogP contribution in [0, 0.1) is 28.4 Å². The first-order chi connectivity index (χ1) is 18.8. The number of anilines is 1. The van der Waals surface area contributed by atoms with E-state index in [0.717, 1.165) is 16.3 Å². The topological polar surface area (TPSA) is 114 Å². The number of ether oxygens (including phenoxy) is 2. The van der Waals surface area contributed by atoms with Crippen LogP contribution in [0.3, 0.4) is 0 Å². The molecular weight excluding hydrogens is 518 g/mol. The molecule has 4 aromatic rings. The summed E-state index contributed by atoms with van der Waals surface area (Å²) in [5.74, 6) is -0.111. The Morgan fingerprint density at radius 1 is 1.10 bits per heavy atom. The summed E-state index contributed by atoms with van der Waals surface area (Å²) in [6.07, 6.45) is 1.33. The Morgan fingerprint density at radius 2 is 1.87 bits per heavy atom. The zero-order valence-corrected chi connectivity index (χ0v) is 22.0. The van der Waals surface area contributed by atoms with Crippen molar-refractivity contribution in [3.8, 4) is 17.6 Å². The minimum absolute atomic E-state index is 0.0121. The molecule has 0 unspecified atom stereocenters. The number of amides is 1. The summed E-state index contributed by atoms with van der Waals surface area (Å²) in [5, 5.41) is 25.9. The second kappa shape index (κ2) is 12.1. The van der Waals surface area contributed by atoms with Crippen LogP contribution < -0.4 is 14.8 Å². The van der Waals surface area contributed by atoms with Gasteiger partial charge in [0.25, 0.3) is 11.6 Å². The molecule has 0 saturated carbocycles. The van der Waals surface area contributed by atoms with Crippen molar-refractivity contribution in [3.05, 3.63) is 110 Å². The lowest BCUT2D eigenvalue weighted by Gasteiger charge is -2.15. The number of rotatable bonds is 9. The summed E-state index contributed by atoms with van der Waals surface area (Å²) in [6, 6.07) is 23.4. The highest BCUT2D eigenvalue weighted by molar-refractivity contribution is 6.32. The molecule has 4 rings (SSSR count). The molecule has 0 radical (unpaired) electrons. The number of hydrogen-bond acceptors (Lipinski definition) is 6. The first-order valence-corrected chi connectivity index (χ1v) is 12.4. The standard InChI is InChI=1S/C30H24ClN3O5/c1-3-38-28-16-20(14-23(17-32)30(35)33-26-12-11-19(2)13-27(26)34(36)37)15-25(31)29(28)39-18-22-9-6-8-21-7-4-5-10-24(21)22/h4-16H,3,18H2,1-2H3,(H,33,35)/b23-14+. The van der Waals surface area contributed by atoms with Gasteiger partial charge < -0.3 is 14.8 Å². The van der Waals surface area contributed by atoms with Crippen LogP contribution in [0.1, 0.15) is 23.6 Å².